The number of aliphatic hydroxyl groups is 2. The summed E-state index contributed by atoms with van der Waals surface area (Å²) in [6.07, 6.45) is -1.01. The molecule has 152 valence electrons. The molecule has 0 fully saturated rings. The molecule has 2 atom stereocenters. The molecule has 0 bridgehead atoms. The number of aromatic hydroxyl groups is 1. The molecule has 2 unspecified atom stereocenters. The molecule has 30 heavy (non-hydrogen) atoms. The van der Waals surface area contributed by atoms with Crippen molar-refractivity contribution in [1.29, 1.82) is 0 Å². The molecular formula is C23H18O7. The van der Waals surface area contributed by atoms with E-state index in [0.717, 1.165) is 0 Å². The van der Waals surface area contributed by atoms with Crippen molar-refractivity contribution in [2.75, 3.05) is 13.2 Å². The molecule has 0 saturated heterocycles. The van der Waals surface area contributed by atoms with E-state index >= 15 is 0 Å². The fraction of sp³-hybridized carbons (Fsp3) is 0.174. The minimum Gasteiger partial charge on any atom is -0.508 e. The standard InChI is InChI=1S/C23H18O7/c24-11-14(26)12-28-15-6-8-19-21(10-15)29-20-9-13(25)5-7-18(20)23(19)17-4-2-1-3-16(17)22(27)30-23/h1-10,14,24-26H,11-12H2. The van der Waals surface area contributed by atoms with E-state index in [0.29, 0.717) is 39.5 Å². The third kappa shape index (κ3) is 2.63. The Morgan fingerprint density at radius 1 is 0.967 bits per heavy atom. The van der Waals surface area contributed by atoms with Crippen LogP contribution in [0, 0.1) is 0 Å². The van der Waals surface area contributed by atoms with Gasteiger partial charge >= 0.3 is 5.97 Å². The molecule has 3 aromatic carbocycles. The number of hydrogen-bond acceptors (Lipinski definition) is 7. The highest BCUT2D eigenvalue weighted by Gasteiger charge is 2.53. The Bertz CT molecular complexity index is 1160. The lowest BCUT2D eigenvalue weighted by molar-refractivity contribution is 0.0223. The number of phenols is 1. The molecule has 0 amide bonds. The zero-order valence-corrected chi connectivity index (χ0v) is 15.7. The number of fused-ring (bicyclic) bond motifs is 6. The van der Waals surface area contributed by atoms with E-state index in [1.807, 2.05) is 12.1 Å². The van der Waals surface area contributed by atoms with Gasteiger partial charge in [0.2, 0.25) is 0 Å². The molecule has 0 radical (unpaired) electrons. The summed E-state index contributed by atoms with van der Waals surface area (Å²) in [5, 5.41) is 28.5. The largest absolute Gasteiger partial charge is 0.508 e. The van der Waals surface area contributed by atoms with Crippen molar-refractivity contribution in [1.82, 2.24) is 0 Å². The zero-order valence-electron chi connectivity index (χ0n) is 15.7. The average Bonchev–Trinajstić information content (AvgIpc) is 3.05. The molecule has 0 aromatic heterocycles. The Morgan fingerprint density at radius 2 is 1.70 bits per heavy atom. The van der Waals surface area contributed by atoms with Crippen molar-refractivity contribution in [3.63, 3.8) is 0 Å². The summed E-state index contributed by atoms with van der Waals surface area (Å²) in [4.78, 5) is 12.7. The van der Waals surface area contributed by atoms with Gasteiger partial charge in [-0.15, -0.1) is 0 Å². The van der Waals surface area contributed by atoms with Crippen LogP contribution in [-0.4, -0.2) is 40.6 Å². The quantitative estimate of drug-likeness (QED) is 0.572. The van der Waals surface area contributed by atoms with Crippen LogP contribution in [0.25, 0.3) is 0 Å². The van der Waals surface area contributed by atoms with Crippen LogP contribution in [-0.2, 0) is 10.3 Å². The monoisotopic (exact) mass is 406 g/mol. The molecule has 7 heteroatoms. The highest BCUT2D eigenvalue weighted by molar-refractivity contribution is 5.97. The Balaban J connectivity index is 1.69. The summed E-state index contributed by atoms with van der Waals surface area (Å²) < 4.78 is 17.6. The van der Waals surface area contributed by atoms with E-state index in [-0.39, 0.29) is 12.4 Å². The lowest BCUT2D eigenvalue weighted by atomic mass is 9.77. The van der Waals surface area contributed by atoms with E-state index in [1.54, 1.807) is 36.4 Å². The Hall–Kier alpha value is -3.55. The number of aliphatic hydroxyl groups excluding tert-OH is 2. The Kier molecular flexibility index (Phi) is 4.16. The predicted molar refractivity (Wildman–Crippen MR) is 105 cm³/mol. The van der Waals surface area contributed by atoms with Gasteiger partial charge in [-0.1, -0.05) is 18.2 Å². The first-order valence-electron chi connectivity index (χ1n) is 9.43. The van der Waals surface area contributed by atoms with Gasteiger partial charge in [-0.25, -0.2) is 4.79 Å². The van der Waals surface area contributed by atoms with Gasteiger partial charge in [-0.2, -0.15) is 0 Å². The van der Waals surface area contributed by atoms with Gasteiger partial charge in [-0.3, -0.25) is 0 Å². The van der Waals surface area contributed by atoms with E-state index in [9.17, 15) is 15.0 Å². The van der Waals surface area contributed by atoms with Crippen LogP contribution in [0.3, 0.4) is 0 Å². The number of benzene rings is 3. The molecule has 7 nitrogen and oxygen atoms in total. The summed E-state index contributed by atoms with van der Waals surface area (Å²) in [5.41, 5.74) is 1.17. The number of esters is 1. The topological polar surface area (TPSA) is 105 Å². The van der Waals surface area contributed by atoms with Crippen LogP contribution in [0.5, 0.6) is 23.0 Å². The maximum Gasteiger partial charge on any atom is 0.340 e. The maximum atomic E-state index is 12.7. The van der Waals surface area contributed by atoms with Gasteiger partial charge < -0.3 is 29.5 Å². The van der Waals surface area contributed by atoms with Crippen molar-refractivity contribution in [3.8, 4) is 23.0 Å². The summed E-state index contributed by atoms with van der Waals surface area (Å²) >= 11 is 0. The van der Waals surface area contributed by atoms with E-state index in [4.69, 9.17) is 19.3 Å². The molecule has 2 heterocycles. The lowest BCUT2D eigenvalue weighted by Gasteiger charge is -2.36. The fourth-order valence-corrected chi connectivity index (χ4v) is 3.98. The first-order chi connectivity index (χ1) is 14.5. The molecule has 2 aliphatic rings. The molecular weight excluding hydrogens is 388 g/mol. The summed E-state index contributed by atoms with van der Waals surface area (Å²) in [6, 6.07) is 16.9. The summed E-state index contributed by atoms with van der Waals surface area (Å²) in [5.74, 6) is 0.748. The van der Waals surface area contributed by atoms with Crippen molar-refractivity contribution in [2.24, 2.45) is 0 Å². The minimum atomic E-state index is -1.21. The second kappa shape index (κ2) is 6.76. The normalized spacial score (nSPS) is 19.3. The third-order valence-corrected chi connectivity index (χ3v) is 5.32. The number of ether oxygens (including phenoxy) is 3. The fourth-order valence-electron chi connectivity index (χ4n) is 3.98. The van der Waals surface area contributed by atoms with Crippen molar-refractivity contribution in [2.45, 2.75) is 11.7 Å². The minimum absolute atomic E-state index is 0.0171. The van der Waals surface area contributed by atoms with Crippen LogP contribution in [0.1, 0.15) is 27.0 Å². The predicted octanol–water partition coefficient (Wildman–Crippen LogP) is 2.69. The maximum absolute atomic E-state index is 12.7. The van der Waals surface area contributed by atoms with E-state index in [2.05, 4.69) is 0 Å². The number of carbonyl (C=O) groups is 1. The number of carbonyl (C=O) groups excluding carboxylic acids is 1. The highest BCUT2D eigenvalue weighted by Crippen LogP contribution is 2.56. The molecule has 3 aromatic rings. The van der Waals surface area contributed by atoms with Crippen molar-refractivity contribution in [3.05, 3.63) is 82.9 Å². The van der Waals surface area contributed by atoms with Gasteiger partial charge in [0.25, 0.3) is 0 Å². The molecule has 0 aliphatic carbocycles. The Labute approximate surface area is 171 Å². The van der Waals surface area contributed by atoms with Crippen molar-refractivity contribution >= 4 is 5.97 Å². The third-order valence-electron chi connectivity index (χ3n) is 5.32. The highest BCUT2D eigenvalue weighted by atomic mass is 16.6. The summed E-state index contributed by atoms with van der Waals surface area (Å²) in [6.45, 7) is -0.500. The van der Waals surface area contributed by atoms with Crippen LogP contribution in [0.2, 0.25) is 0 Å². The first kappa shape index (κ1) is 18.5. The second-order valence-electron chi connectivity index (χ2n) is 7.20. The first-order valence-corrected chi connectivity index (χ1v) is 9.43. The molecule has 2 aliphatic heterocycles. The van der Waals surface area contributed by atoms with E-state index in [1.165, 1.54) is 12.1 Å². The van der Waals surface area contributed by atoms with Gasteiger partial charge in [0.15, 0.2) is 5.60 Å². The van der Waals surface area contributed by atoms with Crippen LogP contribution in [0.4, 0.5) is 0 Å². The lowest BCUT2D eigenvalue weighted by Crippen LogP contribution is -2.33. The van der Waals surface area contributed by atoms with Crippen LogP contribution < -0.4 is 9.47 Å². The second-order valence-corrected chi connectivity index (χ2v) is 7.20. The Morgan fingerprint density at radius 3 is 2.50 bits per heavy atom. The SMILES string of the molecule is O=C1OC2(c3ccc(O)cc3Oc3cc(OCC(O)CO)ccc32)c2ccccc21. The van der Waals surface area contributed by atoms with Crippen LogP contribution in [0.15, 0.2) is 60.7 Å². The number of rotatable bonds is 4. The van der Waals surface area contributed by atoms with Gasteiger partial charge in [0.05, 0.1) is 12.2 Å². The van der Waals surface area contributed by atoms with Gasteiger partial charge in [0.1, 0.15) is 35.7 Å². The molecule has 1 spiro atoms. The van der Waals surface area contributed by atoms with E-state index < -0.39 is 24.3 Å². The smallest absolute Gasteiger partial charge is 0.340 e. The molecule has 3 N–H and O–H groups in total. The zero-order chi connectivity index (χ0) is 20.9. The van der Waals surface area contributed by atoms with Crippen molar-refractivity contribution < 1.29 is 34.3 Å². The average molecular weight is 406 g/mol. The molecule has 0 saturated carbocycles. The van der Waals surface area contributed by atoms with Gasteiger partial charge in [-0.05, 0) is 30.3 Å². The summed E-state index contributed by atoms with van der Waals surface area (Å²) in [7, 11) is 0. The van der Waals surface area contributed by atoms with Crippen LogP contribution >= 0.6 is 0 Å². The van der Waals surface area contributed by atoms with Gasteiger partial charge in [0, 0.05) is 28.8 Å². The molecule has 5 rings (SSSR count). The number of hydrogen-bond donors (Lipinski definition) is 3. The number of phenolic OH excluding ortho intramolecular Hbond substituents is 1.